The molecule has 10 heteroatoms. The smallest absolute Gasteiger partial charge is 0.328 e. The minimum absolute atomic E-state index is 0.0778. The van der Waals surface area contributed by atoms with Crippen molar-refractivity contribution < 1.29 is 19.4 Å². The second-order valence-electron chi connectivity index (χ2n) is 5.83. The minimum Gasteiger partial charge on any atom is -0.394 e. The molecule has 1 aromatic heterocycles. The zero-order valence-electron chi connectivity index (χ0n) is 15.4. The number of hydrogen-bond donors (Lipinski definition) is 3. The number of nitrogens with zero attached hydrogens (tertiary/aromatic N) is 2. The van der Waals surface area contributed by atoms with Crippen LogP contribution in [0.2, 0.25) is 0 Å². The Morgan fingerprint density at radius 2 is 2.19 bits per heavy atom. The third kappa shape index (κ3) is 7.18. The molecule has 0 radical (unpaired) electrons. The maximum absolute atomic E-state index is 12.6. The Balaban J connectivity index is 2.95. The zero-order valence-corrected chi connectivity index (χ0v) is 15.4. The van der Waals surface area contributed by atoms with E-state index in [0.717, 1.165) is 10.8 Å². The summed E-state index contributed by atoms with van der Waals surface area (Å²) in [5, 5.41) is 11.7. The Kier molecular flexibility index (Phi) is 9.15. The van der Waals surface area contributed by atoms with Crippen LogP contribution in [-0.4, -0.2) is 77.2 Å². The summed E-state index contributed by atoms with van der Waals surface area (Å²) in [4.78, 5) is 50.9. The lowest BCUT2D eigenvalue weighted by Gasteiger charge is -2.27. The predicted octanol–water partition coefficient (Wildman–Crippen LogP) is -2.47. The highest BCUT2D eigenvalue weighted by Gasteiger charge is 2.21. The fourth-order valence-electron chi connectivity index (χ4n) is 2.28. The number of likely N-dealkylation sites (N-methyl/N-ethyl adjacent to an activating group) is 1. The molecule has 27 heavy (non-hydrogen) atoms. The van der Waals surface area contributed by atoms with Gasteiger partial charge in [-0.2, -0.15) is 0 Å². The molecule has 1 amide bonds. The molecule has 0 aliphatic heterocycles. The number of amides is 1. The quantitative estimate of drug-likeness (QED) is 0.286. The van der Waals surface area contributed by atoms with Crippen molar-refractivity contribution in [3.63, 3.8) is 0 Å². The van der Waals surface area contributed by atoms with Crippen molar-refractivity contribution in [2.45, 2.75) is 19.5 Å². The van der Waals surface area contributed by atoms with E-state index in [1.807, 2.05) is 4.98 Å². The van der Waals surface area contributed by atoms with Gasteiger partial charge in [0.15, 0.2) is 0 Å². The Morgan fingerprint density at radius 3 is 2.74 bits per heavy atom. The highest BCUT2D eigenvalue weighted by molar-refractivity contribution is 5.84. The number of ether oxygens (including phenoxy) is 1. The third-order valence-electron chi connectivity index (χ3n) is 3.64. The van der Waals surface area contributed by atoms with Gasteiger partial charge in [0.05, 0.1) is 26.4 Å². The third-order valence-corrected chi connectivity index (χ3v) is 3.64. The van der Waals surface area contributed by atoms with Crippen molar-refractivity contribution in [1.82, 2.24) is 19.8 Å². The van der Waals surface area contributed by atoms with Gasteiger partial charge in [-0.25, -0.2) is 4.79 Å². The van der Waals surface area contributed by atoms with Gasteiger partial charge in [-0.3, -0.25) is 23.9 Å². The monoisotopic (exact) mass is 380 g/mol. The number of aromatic amines is 1. The van der Waals surface area contributed by atoms with Gasteiger partial charge in [0.25, 0.3) is 5.56 Å². The van der Waals surface area contributed by atoms with Gasteiger partial charge in [0, 0.05) is 18.8 Å². The van der Waals surface area contributed by atoms with E-state index in [9.17, 15) is 19.2 Å². The van der Waals surface area contributed by atoms with Crippen LogP contribution < -0.4 is 16.6 Å². The lowest BCUT2D eigenvalue weighted by Crippen LogP contribution is -2.48. The molecule has 0 aliphatic rings. The van der Waals surface area contributed by atoms with Gasteiger partial charge >= 0.3 is 5.69 Å². The molecule has 10 nitrogen and oxygen atoms in total. The lowest BCUT2D eigenvalue weighted by atomic mass is 10.2. The molecule has 1 atom stereocenters. The molecule has 0 saturated heterocycles. The van der Waals surface area contributed by atoms with Crippen LogP contribution in [0.4, 0.5) is 0 Å². The van der Waals surface area contributed by atoms with Gasteiger partial charge in [0.1, 0.15) is 17.9 Å². The van der Waals surface area contributed by atoms with Crippen molar-refractivity contribution in [2.75, 3.05) is 40.0 Å². The van der Waals surface area contributed by atoms with Crippen molar-refractivity contribution in [2.24, 2.45) is 0 Å². The summed E-state index contributed by atoms with van der Waals surface area (Å²) in [6.07, 6.45) is 6.33. The highest BCUT2D eigenvalue weighted by Crippen LogP contribution is 1.99. The molecular weight excluding hydrogens is 356 g/mol. The molecule has 0 unspecified atom stereocenters. The fraction of sp³-hybridized carbons (Fsp3) is 0.529. The number of rotatable bonds is 11. The molecule has 0 bridgehead atoms. The van der Waals surface area contributed by atoms with E-state index in [1.54, 1.807) is 7.05 Å². The van der Waals surface area contributed by atoms with E-state index < -0.39 is 17.2 Å². The molecule has 1 aromatic rings. The second kappa shape index (κ2) is 11.1. The van der Waals surface area contributed by atoms with Crippen molar-refractivity contribution in [3.05, 3.63) is 32.6 Å². The Morgan fingerprint density at radius 1 is 1.48 bits per heavy atom. The summed E-state index contributed by atoms with van der Waals surface area (Å²) in [5.74, 6) is 1.41. The number of aromatic nitrogens is 2. The topological polar surface area (TPSA) is 134 Å². The van der Waals surface area contributed by atoms with E-state index in [4.69, 9.17) is 16.3 Å². The maximum atomic E-state index is 12.6. The number of H-pyrrole nitrogens is 1. The van der Waals surface area contributed by atoms with Crippen LogP contribution in [0.5, 0.6) is 0 Å². The first kappa shape index (κ1) is 22.3. The van der Waals surface area contributed by atoms with Crippen LogP contribution in [0.25, 0.3) is 0 Å². The van der Waals surface area contributed by atoms with E-state index >= 15 is 0 Å². The van der Waals surface area contributed by atoms with Gasteiger partial charge in [-0.1, -0.05) is 5.92 Å². The molecule has 0 saturated carbocycles. The molecule has 0 fully saturated rings. The standard InChI is InChI=1S/C17H24N4O6/c1-4-13-8-21(17(26)19-16(13)25)10-15(24)20(7-12(2)23)9-14(18-3)11-27-6-5-22/h1,8,14,18,22H,5-7,9-11H2,2-3H3,(H,19,25,26)/t14-/m1/s1. The summed E-state index contributed by atoms with van der Waals surface area (Å²) in [6.45, 7) is 1.22. The number of carbonyl (C=O) groups excluding carboxylic acids is 2. The number of aliphatic hydroxyl groups excluding tert-OH is 1. The molecule has 0 spiro atoms. The first-order valence-corrected chi connectivity index (χ1v) is 8.25. The average Bonchev–Trinajstić information content (AvgIpc) is 2.61. The summed E-state index contributed by atoms with van der Waals surface area (Å²) in [7, 11) is 1.68. The van der Waals surface area contributed by atoms with Crippen LogP contribution in [0.15, 0.2) is 15.8 Å². The van der Waals surface area contributed by atoms with Crippen LogP contribution >= 0.6 is 0 Å². The van der Waals surface area contributed by atoms with Gasteiger partial charge in [-0.15, -0.1) is 6.42 Å². The average molecular weight is 380 g/mol. The van der Waals surface area contributed by atoms with E-state index in [2.05, 4.69) is 11.2 Å². The Labute approximate surface area is 156 Å². The number of terminal acetylenes is 1. The van der Waals surface area contributed by atoms with Crippen molar-refractivity contribution in [1.29, 1.82) is 0 Å². The molecule has 1 heterocycles. The van der Waals surface area contributed by atoms with Crippen molar-refractivity contribution >= 4 is 11.7 Å². The number of Topliss-reactive ketones (excluding diaryl/α,β-unsaturated/α-hetero) is 1. The number of ketones is 1. The highest BCUT2D eigenvalue weighted by atomic mass is 16.5. The summed E-state index contributed by atoms with van der Waals surface area (Å²) in [6, 6.07) is -0.284. The van der Waals surface area contributed by atoms with Crippen LogP contribution in [0.3, 0.4) is 0 Å². The second-order valence-corrected chi connectivity index (χ2v) is 5.83. The van der Waals surface area contributed by atoms with Crippen molar-refractivity contribution in [3.8, 4) is 12.3 Å². The molecule has 3 N–H and O–H groups in total. The lowest BCUT2D eigenvalue weighted by molar-refractivity contribution is -0.136. The van der Waals surface area contributed by atoms with Gasteiger partial charge in [-0.05, 0) is 14.0 Å². The fourth-order valence-corrected chi connectivity index (χ4v) is 2.28. The van der Waals surface area contributed by atoms with E-state index in [1.165, 1.54) is 11.8 Å². The molecule has 148 valence electrons. The maximum Gasteiger partial charge on any atom is 0.328 e. The molecule has 0 aromatic carbocycles. The van der Waals surface area contributed by atoms with Crippen LogP contribution in [0.1, 0.15) is 12.5 Å². The Hall–Kier alpha value is -2.74. The first-order valence-electron chi connectivity index (χ1n) is 8.25. The number of carbonyl (C=O) groups is 2. The summed E-state index contributed by atoms with van der Waals surface area (Å²) < 4.78 is 6.24. The minimum atomic E-state index is -0.772. The van der Waals surface area contributed by atoms with Gasteiger partial charge in [0.2, 0.25) is 5.91 Å². The SMILES string of the molecule is C#Cc1cn(CC(=O)N(CC(C)=O)C[C@H](COCCO)NC)c(=O)[nH]c1=O. The van der Waals surface area contributed by atoms with Crippen LogP contribution in [-0.2, 0) is 20.9 Å². The summed E-state index contributed by atoms with van der Waals surface area (Å²) >= 11 is 0. The molecule has 1 rings (SSSR count). The number of aliphatic hydroxyl groups is 1. The number of nitrogens with one attached hydrogen (secondary N) is 2. The van der Waals surface area contributed by atoms with E-state index in [0.29, 0.717) is 0 Å². The molecular formula is C17H24N4O6. The number of hydrogen-bond acceptors (Lipinski definition) is 7. The normalized spacial score (nSPS) is 11.6. The Bertz CT molecular complexity index is 807. The molecule has 0 aliphatic carbocycles. The predicted molar refractivity (Wildman–Crippen MR) is 97.3 cm³/mol. The summed E-state index contributed by atoms with van der Waals surface area (Å²) in [5.41, 5.74) is -1.55. The zero-order chi connectivity index (χ0) is 20.4. The first-order chi connectivity index (χ1) is 12.8. The van der Waals surface area contributed by atoms with E-state index in [-0.39, 0.29) is 56.8 Å². The van der Waals surface area contributed by atoms with Gasteiger partial charge < -0.3 is 20.1 Å². The largest absolute Gasteiger partial charge is 0.394 e. The van der Waals surface area contributed by atoms with Crippen LogP contribution in [0, 0.1) is 12.3 Å².